The van der Waals surface area contributed by atoms with Crippen LogP contribution in [0.4, 0.5) is 0 Å². The number of fused-ring (bicyclic) bond motifs is 1. The molecule has 0 spiro atoms. The monoisotopic (exact) mass is 237 g/mol. The molecule has 0 aliphatic carbocycles. The molecule has 0 aliphatic rings. The molecule has 0 fully saturated rings. The van der Waals surface area contributed by atoms with Crippen molar-refractivity contribution in [2.45, 2.75) is 39.5 Å². The fourth-order valence-corrected chi connectivity index (χ4v) is 1.69. The van der Waals surface area contributed by atoms with Gasteiger partial charge in [0, 0.05) is 28.5 Å². The first-order valence-corrected chi connectivity index (χ1v) is 6.38. The van der Waals surface area contributed by atoms with E-state index in [9.17, 15) is 0 Å². The van der Waals surface area contributed by atoms with Crippen molar-refractivity contribution in [3.8, 4) is 0 Å². The molecule has 0 bridgehead atoms. The first-order chi connectivity index (χ1) is 7.68. The van der Waals surface area contributed by atoms with E-state index in [1.165, 1.54) is 16.6 Å². The van der Waals surface area contributed by atoms with Crippen LogP contribution in [0.5, 0.6) is 0 Å². The smallest absolute Gasteiger partial charge is 0.0480 e. The van der Waals surface area contributed by atoms with Crippen molar-refractivity contribution in [1.29, 1.82) is 0 Å². The van der Waals surface area contributed by atoms with E-state index in [1.807, 2.05) is 33.8 Å². The third kappa shape index (κ3) is 3.31. The van der Waals surface area contributed by atoms with Gasteiger partial charge in [-0.15, -0.1) is 12.6 Å². The van der Waals surface area contributed by atoms with Gasteiger partial charge in [0.25, 0.3) is 0 Å². The van der Waals surface area contributed by atoms with Gasteiger partial charge in [-0.1, -0.05) is 27.7 Å². The molecule has 0 atom stereocenters. The van der Waals surface area contributed by atoms with Crippen LogP contribution in [0, 0.1) is 6.92 Å². The second-order valence-corrected chi connectivity index (χ2v) is 3.60. The highest BCUT2D eigenvalue weighted by Crippen LogP contribution is 2.20. The van der Waals surface area contributed by atoms with Gasteiger partial charge in [0.15, 0.2) is 0 Å². The predicted molar refractivity (Wildman–Crippen MR) is 77.6 cm³/mol. The van der Waals surface area contributed by atoms with E-state index in [0.717, 1.165) is 4.90 Å². The van der Waals surface area contributed by atoms with E-state index < -0.39 is 0 Å². The summed E-state index contributed by atoms with van der Waals surface area (Å²) in [6, 6.07) is 8.38. The lowest BCUT2D eigenvalue weighted by Crippen LogP contribution is -1.88. The van der Waals surface area contributed by atoms with Gasteiger partial charge in [0.05, 0.1) is 0 Å². The van der Waals surface area contributed by atoms with E-state index in [4.69, 9.17) is 0 Å². The molecule has 2 aromatic rings. The molecule has 1 aromatic carbocycles. The second kappa shape index (κ2) is 7.39. The summed E-state index contributed by atoms with van der Waals surface area (Å²) in [5, 5.41) is 1.27. The van der Waals surface area contributed by atoms with E-state index in [2.05, 4.69) is 49.4 Å². The Labute approximate surface area is 105 Å². The van der Waals surface area contributed by atoms with E-state index >= 15 is 0 Å². The Hall–Kier alpha value is -0.890. The largest absolute Gasteiger partial charge is 0.348 e. The summed E-state index contributed by atoms with van der Waals surface area (Å²) in [6.45, 7) is 10.1. The van der Waals surface area contributed by atoms with Crippen molar-refractivity contribution >= 4 is 23.5 Å². The molecule has 0 aliphatic heterocycles. The lowest BCUT2D eigenvalue weighted by molar-refractivity contribution is 0.918. The van der Waals surface area contributed by atoms with Crippen molar-refractivity contribution in [2.24, 2.45) is 7.05 Å². The van der Waals surface area contributed by atoms with E-state index in [0.29, 0.717) is 0 Å². The molecule has 0 amide bonds. The van der Waals surface area contributed by atoms with Gasteiger partial charge in [-0.25, -0.2) is 0 Å². The normalized spacial score (nSPS) is 8.94. The molecule has 2 rings (SSSR count). The second-order valence-electron chi connectivity index (χ2n) is 3.09. The number of nitrogens with zero attached hydrogens (tertiary/aromatic N) is 1. The highest BCUT2D eigenvalue weighted by molar-refractivity contribution is 7.80. The van der Waals surface area contributed by atoms with Gasteiger partial charge in [0.2, 0.25) is 0 Å². The minimum Gasteiger partial charge on any atom is -0.348 e. The number of rotatable bonds is 0. The highest BCUT2D eigenvalue weighted by Gasteiger charge is 2.00. The third-order valence-corrected chi connectivity index (χ3v) is 2.54. The Morgan fingerprint density at radius 2 is 1.56 bits per heavy atom. The van der Waals surface area contributed by atoms with Crippen LogP contribution in [-0.2, 0) is 7.05 Å². The summed E-state index contributed by atoms with van der Waals surface area (Å²) in [5.74, 6) is 0. The van der Waals surface area contributed by atoms with Crippen LogP contribution in [0.2, 0.25) is 0 Å². The molecular formula is C14H23NS. The van der Waals surface area contributed by atoms with Gasteiger partial charge >= 0.3 is 0 Å². The fourth-order valence-electron chi connectivity index (χ4n) is 1.47. The Balaban J connectivity index is 0.000000509. The standard InChI is InChI=1S/C10H11NS.2C2H6/c1-7-5-8-6-9(12)3-4-10(8)11(7)2;2*1-2/h3-6,12H,1-2H3;2*1-2H3. The van der Waals surface area contributed by atoms with Gasteiger partial charge in [-0.2, -0.15) is 0 Å². The molecule has 1 aromatic heterocycles. The summed E-state index contributed by atoms with van der Waals surface area (Å²) in [5.41, 5.74) is 2.55. The summed E-state index contributed by atoms with van der Waals surface area (Å²) in [7, 11) is 2.08. The number of hydrogen-bond acceptors (Lipinski definition) is 1. The molecular weight excluding hydrogens is 214 g/mol. The lowest BCUT2D eigenvalue weighted by atomic mass is 10.2. The zero-order valence-electron chi connectivity index (χ0n) is 11.2. The van der Waals surface area contributed by atoms with Crippen LogP contribution >= 0.6 is 12.6 Å². The summed E-state index contributed by atoms with van der Waals surface area (Å²) in [6.07, 6.45) is 0. The molecule has 0 N–H and O–H groups in total. The Bertz CT molecular complexity index is 429. The van der Waals surface area contributed by atoms with Crippen molar-refractivity contribution in [2.75, 3.05) is 0 Å². The Morgan fingerprint density at radius 3 is 2.12 bits per heavy atom. The van der Waals surface area contributed by atoms with Gasteiger partial charge in [0.1, 0.15) is 0 Å². The fraction of sp³-hybridized carbons (Fsp3) is 0.429. The van der Waals surface area contributed by atoms with E-state index in [-0.39, 0.29) is 0 Å². The summed E-state index contributed by atoms with van der Waals surface area (Å²) in [4.78, 5) is 1.02. The van der Waals surface area contributed by atoms with Crippen LogP contribution < -0.4 is 0 Å². The average Bonchev–Trinajstić information content (AvgIpc) is 2.60. The maximum Gasteiger partial charge on any atom is 0.0480 e. The SMILES string of the molecule is CC.CC.Cc1cc2cc(S)ccc2n1C. The zero-order valence-corrected chi connectivity index (χ0v) is 12.1. The number of hydrogen-bond donors (Lipinski definition) is 1. The number of aryl methyl sites for hydroxylation is 2. The Kier molecular flexibility index (Phi) is 6.98. The molecule has 90 valence electrons. The minimum atomic E-state index is 1.02. The third-order valence-electron chi connectivity index (χ3n) is 2.27. The number of aromatic nitrogens is 1. The van der Waals surface area contributed by atoms with Crippen LogP contribution in [-0.4, -0.2) is 4.57 Å². The zero-order chi connectivity index (χ0) is 12.7. The van der Waals surface area contributed by atoms with Crippen LogP contribution in [0.3, 0.4) is 0 Å². The van der Waals surface area contributed by atoms with Crippen molar-refractivity contribution < 1.29 is 0 Å². The van der Waals surface area contributed by atoms with Crippen molar-refractivity contribution in [3.05, 3.63) is 30.0 Å². The van der Waals surface area contributed by atoms with E-state index in [1.54, 1.807) is 0 Å². The lowest BCUT2D eigenvalue weighted by Gasteiger charge is -1.97. The molecule has 0 saturated heterocycles. The van der Waals surface area contributed by atoms with Gasteiger partial charge in [-0.3, -0.25) is 0 Å². The van der Waals surface area contributed by atoms with Crippen molar-refractivity contribution in [3.63, 3.8) is 0 Å². The molecule has 1 nitrogen and oxygen atoms in total. The molecule has 0 radical (unpaired) electrons. The maximum atomic E-state index is 4.29. The first kappa shape index (κ1) is 15.1. The number of thiol groups is 1. The quantitative estimate of drug-likeness (QED) is 0.626. The van der Waals surface area contributed by atoms with Gasteiger partial charge in [-0.05, 0) is 31.2 Å². The average molecular weight is 237 g/mol. The van der Waals surface area contributed by atoms with Crippen LogP contribution in [0.15, 0.2) is 29.2 Å². The molecule has 0 unspecified atom stereocenters. The highest BCUT2D eigenvalue weighted by atomic mass is 32.1. The predicted octanol–water partition coefficient (Wildman–Crippen LogP) is 4.83. The van der Waals surface area contributed by atoms with Crippen LogP contribution in [0.25, 0.3) is 10.9 Å². The first-order valence-electron chi connectivity index (χ1n) is 5.93. The van der Waals surface area contributed by atoms with Crippen molar-refractivity contribution in [1.82, 2.24) is 4.57 Å². The summed E-state index contributed by atoms with van der Waals surface area (Å²) >= 11 is 4.29. The van der Waals surface area contributed by atoms with Gasteiger partial charge < -0.3 is 4.57 Å². The molecule has 16 heavy (non-hydrogen) atoms. The van der Waals surface area contributed by atoms with Crippen LogP contribution in [0.1, 0.15) is 33.4 Å². The summed E-state index contributed by atoms with van der Waals surface area (Å²) < 4.78 is 2.18. The maximum absolute atomic E-state index is 4.29. The number of benzene rings is 1. The molecule has 2 heteroatoms. The Morgan fingerprint density at radius 1 is 1.00 bits per heavy atom. The molecule has 1 heterocycles. The topological polar surface area (TPSA) is 4.93 Å². The molecule has 0 saturated carbocycles. The minimum absolute atomic E-state index is 1.02.